The lowest BCUT2D eigenvalue weighted by Crippen LogP contribution is -2.17. The smallest absolute Gasteiger partial charge is 0.150 e. The van der Waals surface area contributed by atoms with Crippen molar-refractivity contribution in [2.24, 2.45) is 5.92 Å². The highest BCUT2D eigenvalue weighted by molar-refractivity contribution is 7.91. The second kappa shape index (κ2) is 5.40. The highest BCUT2D eigenvalue weighted by Crippen LogP contribution is 2.23. The van der Waals surface area contributed by atoms with E-state index in [0.717, 1.165) is 12.1 Å². The molecule has 2 atom stereocenters. The SMILES string of the molecule is CCn1cc(CC(O)CC2CCS(=O)(=O)C2)cn1. The number of nitrogens with zero attached hydrogens (tertiary/aromatic N) is 2. The van der Waals surface area contributed by atoms with Crippen molar-refractivity contribution in [2.45, 2.75) is 38.8 Å². The molecule has 18 heavy (non-hydrogen) atoms. The second-order valence-corrected chi connectivity index (χ2v) is 7.30. The first-order valence-electron chi connectivity index (χ1n) is 6.38. The second-order valence-electron chi connectivity index (χ2n) is 5.07. The number of aromatic nitrogens is 2. The minimum atomic E-state index is -2.84. The van der Waals surface area contributed by atoms with Crippen LogP contribution in [0.4, 0.5) is 0 Å². The van der Waals surface area contributed by atoms with E-state index in [-0.39, 0.29) is 17.4 Å². The first kappa shape index (κ1) is 13.5. The predicted molar refractivity (Wildman–Crippen MR) is 69.0 cm³/mol. The molecule has 102 valence electrons. The summed E-state index contributed by atoms with van der Waals surface area (Å²) in [5.41, 5.74) is 1.00. The summed E-state index contributed by atoms with van der Waals surface area (Å²) in [4.78, 5) is 0. The van der Waals surface area contributed by atoms with Crippen LogP contribution in [0.5, 0.6) is 0 Å². The molecule has 1 aromatic heterocycles. The summed E-state index contributed by atoms with van der Waals surface area (Å²) < 4.78 is 24.5. The number of aliphatic hydroxyl groups excluding tert-OH is 1. The van der Waals surface area contributed by atoms with Crippen LogP contribution in [-0.2, 0) is 22.8 Å². The number of aryl methyl sites for hydroxylation is 1. The maximum atomic E-state index is 11.3. The maximum absolute atomic E-state index is 11.3. The molecule has 0 amide bonds. The molecule has 6 heteroatoms. The zero-order valence-corrected chi connectivity index (χ0v) is 11.4. The van der Waals surface area contributed by atoms with Gasteiger partial charge in [0.1, 0.15) is 0 Å². The van der Waals surface area contributed by atoms with Crippen LogP contribution >= 0.6 is 0 Å². The molecular formula is C12H20N2O3S. The molecule has 1 aliphatic heterocycles. The molecule has 2 heterocycles. The lowest BCUT2D eigenvalue weighted by Gasteiger charge is -2.13. The number of sulfone groups is 1. The van der Waals surface area contributed by atoms with Gasteiger partial charge in [0.15, 0.2) is 9.84 Å². The van der Waals surface area contributed by atoms with E-state index in [1.165, 1.54) is 0 Å². The van der Waals surface area contributed by atoms with Crippen LogP contribution < -0.4 is 0 Å². The summed E-state index contributed by atoms with van der Waals surface area (Å²) in [5.74, 6) is 0.627. The molecule has 0 aromatic carbocycles. The largest absolute Gasteiger partial charge is 0.393 e. The Balaban J connectivity index is 1.83. The fraction of sp³-hybridized carbons (Fsp3) is 0.750. The van der Waals surface area contributed by atoms with Crippen molar-refractivity contribution in [3.63, 3.8) is 0 Å². The highest BCUT2D eigenvalue weighted by Gasteiger charge is 2.29. The van der Waals surface area contributed by atoms with Crippen molar-refractivity contribution < 1.29 is 13.5 Å². The molecule has 0 bridgehead atoms. The summed E-state index contributed by atoms with van der Waals surface area (Å²) in [5, 5.41) is 14.1. The Labute approximate surface area is 108 Å². The van der Waals surface area contributed by atoms with Gasteiger partial charge < -0.3 is 5.11 Å². The van der Waals surface area contributed by atoms with E-state index in [4.69, 9.17) is 0 Å². The van der Waals surface area contributed by atoms with E-state index < -0.39 is 15.9 Å². The van der Waals surface area contributed by atoms with Crippen LogP contribution in [-0.4, -0.2) is 40.9 Å². The van der Waals surface area contributed by atoms with Gasteiger partial charge in [0.05, 0.1) is 23.8 Å². The average Bonchev–Trinajstić information content (AvgIpc) is 2.85. The standard InChI is InChI=1S/C12H20N2O3S/c1-2-14-8-11(7-13-14)6-12(15)5-10-3-4-18(16,17)9-10/h7-8,10,12,15H,2-6,9H2,1H3. The van der Waals surface area contributed by atoms with Gasteiger partial charge in [-0.05, 0) is 31.2 Å². The van der Waals surface area contributed by atoms with E-state index in [2.05, 4.69) is 5.10 Å². The third kappa shape index (κ3) is 3.55. The van der Waals surface area contributed by atoms with Crippen molar-refractivity contribution in [2.75, 3.05) is 11.5 Å². The Morgan fingerprint density at radius 3 is 2.94 bits per heavy atom. The Hall–Kier alpha value is -0.880. The lowest BCUT2D eigenvalue weighted by molar-refractivity contribution is 0.147. The van der Waals surface area contributed by atoms with Gasteiger partial charge in [-0.1, -0.05) is 0 Å². The number of hydrogen-bond donors (Lipinski definition) is 1. The lowest BCUT2D eigenvalue weighted by atomic mass is 9.98. The van der Waals surface area contributed by atoms with Gasteiger partial charge in [0, 0.05) is 19.2 Å². The molecule has 1 aliphatic rings. The molecule has 2 rings (SSSR count). The summed E-state index contributed by atoms with van der Waals surface area (Å²) in [6.07, 6.45) is 5.02. The molecule has 2 unspecified atom stereocenters. The third-order valence-corrected chi connectivity index (χ3v) is 5.25. The third-order valence-electron chi connectivity index (χ3n) is 3.41. The molecule has 0 saturated carbocycles. The predicted octanol–water partition coefficient (Wildman–Crippen LogP) is 0.631. The number of hydrogen-bond acceptors (Lipinski definition) is 4. The van der Waals surface area contributed by atoms with Gasteiger partial charge in [-0.2, -0.15) is 5.10 Å². The normalized spacial score (nSPS) is 24.2. The molecule has 1 fully saturated rings. The Bertz CT molecular complexity index is 495. The molecule has 0 radical (unpaired) electrons. The quantitative estimate of drug-likeness (QED) is 0.853. The zero-order valence-electron chi connectivity index (χ0n) is 10.6. The van der Waals surface area contributed by atoms with Gasteiger partial charge in [0.25, 0.3) is 0 Å². The molecule has 1 saturated heterocycles. The maximum Gasteiger partial charge on any atom is 0.150 e. The van der Waals surface area contributed by atoms with Crippen LogP contribution in [0.25, 0.3) is 0 Å². The van der Waals surface area contributed by atoms with Crippen molar-refractivity contribution in [1.82, 2.24) is 9.78 Å². The molecule has 0 aliphatic carbocycles. The van der Waals surface area contributed by atoms with Gasteiger partial charge in [-0.15, -0.1) is 0 Å². The topological polar surface area (TPSA) is 72.2 Å². The molecule has 0 spiro atoms. The van der Waals surface area contributed by atoms with E-state index in [0.29, 0.717) is 19.3 Å². The Morgan fingerprint density at radius 1 is 1.61 bits per heavy atom. The Kier molecular flexibility index (Phi) is 4.07. The summed E-state index contributed by atoms with van der Waals surface area (Å²) in [7, 11) is -2.84. The summed E-state index contributed by atoms with van der Waals surface area (Å²) in [6, 6.07) is 0. The fourth-order valence-corrected chi connectivity index (χ4v) is 4.36. The van der Waals surface area contributed by atoms with Crippen molar-refractivity contribution in [3.05, 3.63) is 18.0 Å². The van der Waals surface area contributed by atoms with Crippen molar-refractivity contribution in [1.29, 1.82) is 0 Å². The van der Waals surface area contributed by atoms with Crippen LogP contribution in [0.15, 0.2) is 12.4 Å². The molecule has 1 N–H and O–H groups in total. The van der Waals surface area contributed by atoms with Crippen LogP contribution in [0.2, 0.25) is 0 Å². The van der Waals surface area contributed by atoms with Crippen LogP contribution in [0.1, 0.15) is 25.3 Å². The van der Waals surface area contributed by atoms with E-state index >= 15 is 0 Å². The minimum Gasteiger partial charge on any atom is -0.393 e. The first-order valence-corrected chi connectivity index (χ1v) is 8.20. The van der Waals surface area contributed by atoms with Crippen molar-refractivity contribution >= 4 is 9.84 Å². The molecular weight excluding hydrogens is 252 g/mol. The van der Waals surface area contributed by atoms with E-state index in [9.17, 15) is 13.5 Å². The van der Waals surface area contributed by atoms with E-state index in [1.807, 2.05) is 17.8 Å². The minimum absolute atomic E-state index is 0.117. The van der Waals surface area contributed by atoms with E-state index in [1.54, 1.807) is 6.20 Å². The first-order chi connectivity index (χ1) is 8.48. The monoisotopic (exact) mass is 272 g/mol. The van der Waals surface area contributed by atoms with Gasteiger partial charge >= 0.3 is 0 Å². The number of aliphatic hydroxyl groups is 1. The van der Waals surface area contributed by atoms with Gasteiger partial charge in [-0.3, -0.25) is 4.68 Å². The average molecular weight is 272 g/mol. The molecule has 1 aromatic rings. The fourth-order valence-electron chi connectivity index (χ4n) is 2.48. The number of rotatable bonds is 5. The Morgan fingerprint density at radius 2 is 2.39 bits per heavy atom. The van der Waals surface area contributed by atoms with Crippen LogP contribution in [0, 0.1) is 5.92 Å². The van der Waals surface area contributed by atoms with Gasteiger partial charge in [0.2, 0.25) is 0 Å². The van der Waals surface area contributed by atoms with Crippen molar-refractivity contribution in [3.8, 4) is 0 Å². The zero-order chi connectivity index (χ0) is 13.2. The summed E-state index contributed by atoms with van der Waals surface area (Å²) in [6.45, 7) is 2.83. The van der Waals surface area contributed by atoms with Gasteiger partial charge in [-0.25, -0.2) is 8.42 Å². The highest BCUT2D eigenvalue weighted by atomic mass is 32.2. The summed E-state index contributed by atoms with van der Waals surface area (Å²) >= 11 is 0. The molecule has 5 nitrogen and oxygen atoms in total. The van der Waals surface area contributed by atoms with Crippen LogP contribution in [0.3, 0.4) is 0 Å².